The van der Waals surface area contributed by atoms with Crippen molar-refractivity contribution in [3.05, 3.63) is 47.9 Å². The van der Waals surface area contributed by atoms with E-state index in [2.05, 4.69) is 46.9 Å². The minimum absolute atomic E-state index is 0.00228. The Kier molecular flexibility index (Phi) is 16.9. The Morgan fingerprint density at radius 1 is 1.05 bits per heavy atom. The van der Waals surface area contributed by atoms with E-state index in [0.717, 1.165) is 46.5 Å². The van der Waals surface area contributed by atoms with Gasteiger partial charge in [-0.2, -0.15) is 4.98 Å². The fourth-order valence-electron chi connectivity index (χ4n) is 4.26. The highest BCUT2D eigenvalue weighted by Crippen LogP contribution is 2.28. The summed E-state index contributed by atoms with van der Waals surface area (Å²) in [5, 5.41) is 3.34. The normalized spacial score (nSPS) is 16.7. The van der Waals surface area contributed by atoms with E-state index in [1.807, 2.05) is 39.8 Å². The molecular formula is C31H50N6O3. The molecule has 0 bridgehead atoms. The van der Waals surface area contributed by atoms with Gasteiger partial charge < -0.3 is 15.5 Å². The van der Waals surface area contributed by atoms with Crippen molar-refractivity contribution in [3.63, 3.8) is 0 Å². The zero-order valence-electron chi connectivity index (χ0n) is 25.7. The molecule has 1 aliphatic carbocycles. The molecule has 1 aromatic carbocycles. The van der Waals surface area contributed by atoms with Gasteiger partial charge in [-0.3, -0.25) is 19.5 Å². The molecule has 0 spiro atoms. The summed E-state index contributed by atoms with van der Waals surface area (Å²) in [4.78, 5) is 31.6. The van der Waals surface area contributed by atoms with Crippen molar-refractivity contribution in [2.24, 2.45) is 11.8 Å². The van der Waals surface area contributed by atoms with E-state index in [4.69, 9.17) is 4.74 Å². The molecule has 1 saturated carbocycles. The van der Waals surface area contributed by atoms with Crippen LogP contribution in [0.25, 0.3) is 5.70 Å². The molecule has 3 rings (SSSR count). The Morgan fingerprint density at radius 3 is 2.12 bits per heavy atom. The summed E-state index contributed by atoms with van der Waals surface area (Å²) in [6.07, 6.45) is 11.7. The van der Waals surface area contributed by atoms with Crippen LogP contribution in [0.4, 0.5) is 11.5 Å². The number of nitrogens with zero attached hydrogens (tertiary/aromatic N) is 3. The molecule has 0 saturated heterocycles. The number of allylic oxidation sites excluding steroid dienone is 1. The third-order valence-electron chi connectivity index (χ3n) is 6.52. The third kappa shape index (κ3) is 11.7. The molecule has 2 unspecified atom stereocenters. The fourth-order valence-corrected chi connectivity index (χ4v) is 4.26. The second-order valence-electron chi connectivity index (χ2n) is 9.92. The summed E-state index contributed by atoms with van der Waals surface area (Å²) in [5.41, 5.74) is 9.18. The van der Waals surface area contributed by atoms with Crippen LogP contribution in [-0.2, 0) is 9.59 Å². The number of aromatic nitrogens is 2. The number of hydrazine groups is 1. The Labute approximate surface area is 241 Å². The van der Waals surface area contributed by atoms with Gasteiger partial charge in [0.05, 0.1) is 29.9 Å². The first-order chi connectivity index (χ1) is 19.3. The molecule has 2 aromatic rings. The van der Waals surface area contributed by atoms with Crippen molar-refractivity contribution in [2.45, 2.75) is 93.1 Å². The summed E-state index contributed by atoms with van der Waals surface area (Å²) in [5.74, 6) is 3.02. The second-order valence-corrected chi connectivity index (χ2v) is 9.92. The van der Waals surface area contributed by atoms with Crippen molar-refractivity contribution in [1.82, 2.24) is 20.8 Å². The number of benzene rings is 1. The van der Waals surface area contributed by atoms with Crippen molar-refractivity contribution in [1.29, 1.82) is 0 Å². The number of ether oxygens (including phenoxy) is 1. The minimum Gasteiger partial charge on any atom is -0.474 e. The van der Waals surface area contributed by atoms with E-state index in [0.29, 0.717) is 30.2 Å². The molecule has 1 heterocycles. The van der Waals surface area contributed by atoms with Crippen LogP contribution in [0.3, 0.4) is 0 Å². The molecule has 3 N–H and O–H groups in total. The highest BCUT2D eigenvalue weighted by molar-refractivity contribution is 5.95. The average Bonchev–Trinajstić information content (AvgIpc) is 2.96. The van der Waals surface area contributed by atoms with Crippen LogP contribution < -0.4 is 25.8 Å². The fraction of sp³-hybridized carbons (Fsp3) is 0.548. The minimum atomic E-state index is -0.00228. The van der Waals surface area contributed by atoms with Crippen molar-refractivity contribution < 1.29 is 14.3 Å². The number of rotatable bonds is 12. The SMILES string of the molecule is CC.CC1CCCCC1C.CCC/C(Nc1cncc(OC(C)C)n1)=C(\NNC)c1ccc(N(C=O)C=O)cc1. The van der Waals surface area contributed by atoms with E-state index < -0.39 is 0 Å². The highest BCUT2D eigenvalue weighted by atomic mass is 16.5. The van der Waals surface area contributed by atoms with E-state index >= 15 is 0 Å². The van der Waals surface area contributed by atoms with Crippen LogP contribution >= 0.6 is 0 Å². The molecule has 1 aliphatic rings. The topological polar surface area (TPSA) is 108 Å². The van der Waals surface area contributed by atoms with E-state index in [1.54, 1.807) is 31.6 Å². The summed E-state index contributed by atoms with van der Waals surface area (Å²) < 4.78 is 5.63. The van der Waals surface area contributed by atoms with Crippen LogP contribution in [0.15, 0.2) is 42.4 Å². The number of imide groups is 1. The number of amides is 2. The van der Waals surface area contributed by atoms with Gasteiger partial charge in [0.1, 0.15) is 0 Å². The van der Waals surface area contributed by atoms with Crippen LogP contribution in [0.5, 0.6) is 5.88 Å². The molecule has 2 amide bonds. The van der Waals surface area contributed by atoms with Crippen LogP contribution in [-0.4, -0.2) is 35.9 Å². The standard InChI is InChI=1S/C21H28N6O3.C8H16.C2H6/c1-5-6-18(24-19-11-23-12-20(25-19)30-15(2)3)21(26-22-4)16-7-9-17(10-8-16)27(13-28)14-29;1-7-5-3-4-6-8(7)2;1-2/h7-15,22,26H,5-6H2,1-4H3,(H,24,25);7-8H,3-6H2,1-2H3;1-2H3/b21-18+;;. The lowest BCUT2D eigenvalue weighted by molar-refractivity contribution is -0.113. The van der Waals surface area contributed by atoms with Gasteiger partial charge in [0.25, 0.3) is 0 Å². The molecule has 0 radical (unpaired) electrons. The van der Waals surface area contributed by atoms with Gasteiger partial charge in [-0.25, -0.2) is 5.43 Å². The molecule has 40 heavy (non-hydrogen) atoms. The molecule has 1 aromatic heterocycles. The zero-order chi connectivity index (χ0) is 29.9. The van der Waals surface area contributed by atoms with Gasteiger partial charge >= 0.3 is 0 Å². The van der Waals surface area contributed by atoms with Gasteiger partial charge in [-0.15, -0.1) is 0 Å². The summed E-state index contributed by atoms with van der Waals surface area (Å²) in [6, 6.07) is 7.07. The predicted octanol–water partition coefficient (Wildman–Crippen LogP) is 6.55. The van der Waals surface area contributed by atoms with Gasteiger partial charge in [0.2, 0.25) is 18.7 Å². The lowest BCUT2D eigenvalue weighted by atomic mass is 9.82. The molecule has 2 atom stereocenters. The van der Waals surface area contributed by atoms with E-state index in [1.165, 1.54) is 25.7 Å². The predicted molar refractivity (Wildman–Crippen MR) is 165 cm³/mol. The highest BCUT2D eigenvalue weighted by Gasteiger charge is 2.16. The number of nitrogens with one attached hydrogen (secondary N) is 3. The monoisotopic (exact) mass is 554 g/mol. The molecule has 9 nitrogen and oxygen atoms in total. The first-order valence-corrected chi connectivity index (χ1v) is 14.5. The maximum Gasteiger partial charge on any atom is 0.234 e. The van der Waals surface area contributed by atoms with Gasteiger partial charge in [-0.1, -0.05) is 78.9 Å². The quantitative estimate of drug-likeness (QED) is 0.200. The molecule has 1 fully saturated rings. The molecular weight excluding hydrogens is 504 g/mol. The summed E-state index contributed by atoms with van der Waals surface area (Å²) in [7, 11) is 1.77. The lowest BCUT2D eigenvalue weighted by Gasteiger charge is -2.24. The van der Waals surface area contributed by atoms with Gasteiger partial charge in [-0.05, 0) is 44.2 Å². The number of hydrogen-bond donors (Lipinski definition) is 3. The van der Waals surface area contributed by atoms with Crippen molar-refractivity contribution in [2.75, 3.05) is 17.3 Å². The number of hydrogen-bond acceptors (Lipinski definition) is 8. The Balaban J connectivity index is 0.000000675. The van der Waals surface area contributed by atoms with Crippen LogP contribution in [0.1, 0.15) is 92.6 Å². The Bertz CT molecular complexity index is 1010. The summed E-state index contributed by atoms with van der Waals surface area (Å²) >= 11 is 0. The van der Waals surface area contributed by atoms with Gasteiger partial charge in [0, 0.05) is 18.3 Å². The smallest absolute Gasteiger partial charge is 0.234 e. The number of anilines is 2. The van der Waals surface area contributed by atoms with Crippen LogP contribution in [0, 0.1) is 11.8 Å². The Morgan fingerprint density at radius 2 is 1.65 bits per heavy atom. The van der Waals surface area contributed by atoms with E-state index in [-0.39, 0.29) is 6.10 Å². The first-order valence-electron chi connectivity index (χ1n) is 14.5. The first kappa shape index (κ1) is 34.6. The average molecular weight is 555 g/mol. The maximum atomic E-state index is 11.0. The molecule has 222 valence electrons. The molecule has 0 aliphatic heterocycles. The largest absolute Gasteiger partial charge is 0.474 e. The lowest BCUT2D eigenvalue weighted by Crippen LogP contribution is -2.28. The molecule has 9 heteroatoms. The maximum absolute atomic E-state index is 11.0. The third-order valence-corrected chi connectivity index (χ3v) is 6.52. The second kappa shape index (κ2) is 19.6. The Hall–Kier alpha value is -3.46. The van der Waals surface area contributed by atoms with Gasteiger partial charge in [0.15, 0.2) is 5.82 Å². The number of carbonyl (C=O) groups is 2. The van der Waals surface area contributed by atoms with Crippen molar-refractivity contribution >= 4 is 30.0 Å². The number of carbonyl (C=O) groups excluding carboxylic acids is 2. The van der Waals surface area contributed by atoms with Crippen LogP contribution in [0.2, 0.25) is 0 Å². The zero-order valence-corrected chi connectivity index (χ0v) is 25.7. The van der Waals surface area contributed by atoms with Crippen molar-refractivity contribution in [3.8, 4) is 5.88 Å². The summed E-state index contributed by atoms with van der Waals surface area (Å²) in [6.45, 7) is 14.7. The van der Waals surface area contributed by atoms with E-state index in [9.17, 15) is 9.59 Å².